The van der Waals surface area contributed by atoms with Crippen molar-refractivity contribution in [3.8, 4) is 5.75 Å². The number of hydrogen-bond donors (Lipinski definition) is 3. The fraction of sp³-hybridized carbons (Fsp3) is 0.300. The number of benzene rings is 3. The summed E-state index contributed by atoms with van der Waals surface area (Å²) in [5.41, 5.74) is 14.8. The zero-order valence-electron chi connectivity index (χ0n) is 22.4. The minimum atomic E-state index is -0.990. The van der Waals surface area contributed by atoms with Crippen molar-refractivity contribution in [1.29, 1.82) is 0 Å². The fourth-order valence-electron chi connectivity index (χ4n) is 4.49. The first-order valence-electron chi connectivity index (χ1n) is 12.6. The van der Waals surface area contributed by atoms with E-state index in [1.54, 1.807) is 31.2 Å². The number of amides is 3. The van der Waals surface area contributed by atoms with E-state index >= 15 is 0 Å². The first-order valence-corrected chi connectivity index (χ1v) is 12.6. The minimum Gasteiger partial charge on any atom is -0.508 e. The standard InChI is InChI=1S/C30H35FN4O4/c1-19-15-22(11-14-27(19)36)18-25(28(33)37)34(2)30(39)26(17-20-7-5-4-6-8-20)35(3)29(38)24(32)16-21-9-12-23(31)13-10-21/h4-15,24-26,36H,16-18,32H2,1-3H3,(H2,33,37)/t24-,25-,26+/m0/s1. The summed E-state index contributed by atoms with van der Waals surface area (Å²) < 4.78 is 13.3. The molecule has 0 fully saturated rings. The van der Waals surface area contributed by atoms with Gasteiger partial charge < -0.3 is 26.4 Å². The van der Waals surface area contributed by atoms with Gasteiger partial charge in [0.2, 0.25) is 17.7 Å². The van der Waals surface area contributed by atoms with Crippen molar-refractivity contribution in [3.63, 3.8) is 0 Å². The van der Waals surface area contributed by atoms with E-state index in [0.717, 1.165) is 11.1 Å². The molecule has 0 spiro atoms. The smallest absolute Gasteiger partial charge is 0.246 e. The normalized spacial score (nSPS) is 13.3. The van der Waals surface area contributed by atoms with Crippen LogP contribution in [-0.4, -0.2) is 64.8 Å². The summed E-state index contributed by atoms with van der Waals surface area (Å²) in [4.78, 5) is 42.3. The van der Waals surface area contributed by atoms with Crippen LogP contribution in [0.2, 0.25) is 0 Å². The molecule has 0 saturated heterocycles. The highest BCUT2D eigenvalue weighted by Gasteiger charge is 2.35. The Bertz CT molecular complexity index is 1300. The number of hydrogen-bond acceptors (Lipinski definition) is 5. The van der Waals surface area contributed by atoms with Crippen LogP contribution in [0, 0.1) is 12.7 Å². The maximum Gasteiger partial charge on any atom is 0.246 e. The lowest BCUT2D eigenvalue weighted by Crippen LogP contribution is -2.57. The van der Waals surface area contributed by atoms with E-state index in [4.69, 9.17) is 11.5 Å². The number of aryl methyl sites for hydroxylation is 1. The van der Waals surface area contributed by atoms with Gasteiger partial charge in [0.15, 0.2) is 0 Å². The van der Waals surface area contributed by atoms with Gasteiger partial charge in [-0.15, -0.1) is 0 Å². The Hall–Kier alpha value is -4.24. The third kappa shape index (κ3) is 7.64. The summed E-state index contributed by atoms with van der Waals surface area (Å²) in [7, 11) is 2.99. The van der Waals surface area contributed by atoms with Gasteiger partial charge in [-0.05, 0) is 53.8 Å². The number of phenolic OH excluding ortho intramolecular Hbond substituents is 1. The SMILES string of the molecule is Cc1cc(C[C@@H](C(N)=O)N(C)C(=O)[C@@H](Cc2ccccc2)N(C)C(=O)[C@@H](N)Cc2ccc(F)cc2)ccc1O. The van der Waals surface area contributed by atoms with E-state index in [0.29, 0.717) is 11.1 Å². The van der Waals surface area contributed by atoms with E-state index in [2.05, 4.69) is 0 Å². The molecule has 0 saturated carbocycles. The number of aromatic hydroxyl groups is 1. The van der Waals surface area contributed by atoms with Gasteiger partial charge in [0, 0.05) is 26.9 Å². The second-order valence-corrected chi connectivity index (χ2v) is 9.78. The van der Waals surface area contributed by atoms with Gasteiger partial charge in [-0.3, -0.25) is 14.4 Å². The van der Waals surface area contributed by atoms with E-state index in [1.165, 1.54) is 42.1 Å². The highest BCUT2D eigenvalue weighted by molar-refractivity contribution is 5.93. The Morgan fingerprint density at radius 1 is 0.795 bits per heavy atom. The van der Waals surface area contributed by atoms with Crippen LogP contribution < -0.4 is 11.5 Å². The maximum absolute atomic E-state index is 13.9. The molecule has 3 atom stereocenters. The molecule has 0 heterocycles. The number of phenols is 1. The van der Waals surface area contributed by atoms with Crippen molar-refractivity contribution < 1.29 is 23.9 Å². The van der Waals surface area contributed by atoms with Crippen molar-refractivity contribution in [2.75, 3.05) is 14.1 Å². The first kappa shape index (κ1) is 29.3. The number of primary amides is 1. The zero-order chi connectivity index (χ0) is 28.7. The number of likely N-dealkylation sites (N-methyl/N-ethyl adjacent to an activating group) is 2. The van der Waals surface area contributed by atoms with Crippen LogP contribution in [0.1, 0.15) is 22.3 Å². The monoisotopic (exact) mass is 534 g/mol. The first-order chi connectivity index (χ1) is 18.5. The topological polar surface area (TPSA) is 130 Å². The fourth-order valence-corrected chi connectivity index (χ4v) is 4.49. The van der Waals surface area contributed by atoms with Crippen LogP contribution in [0.3, 0.4) is 0 Å². The molecular formula is C30H35FN4O4. The molecule has 0 aromatic heterocycles. The Morgan fingerprint density at radius 2 is 1.33 bits per heavy atom. The van der Waals surface area contributed by atoms with Gasteiger partial charge >= 0.3 is 0 Å². The third-order valence-electron chi connectivity index (χ3n) is 6.89. The number of nitrogens with two attached hydrogens (primary N) is 2. The summed E-state index contributed by atoms with van der Waals surface area (Å²) in [6, 6.07) is 16.9. The van der Waals surface area contributed by atoms with Crippen LogP contribution in [-0.2, 0) is 33.6 Å². The molecule has 0 aliphatic carbocycles. The molecule has 8 nitrogen and oxygen atoms in total. The number of halogens is 1. The molecule has 0 aliphatic heterocycles. The number of rotatable bonds is 11. The maximum atomic E-state index is 13.9. The summed E-state index contributed by atoms with van der Waals surface area (Å²) >= 11 is 0. The quantitative estimate of drug-likeness (QED) is 0.348. The molecule has 0 unspecified atom stereocenters. The van der Waals surface area contributed by atoms with Crippen molar-refractivity contribution in [2.24, 2.45) is 11.5 Å². The molecule has 0 radical (unpaired) electrons. The van der Waals surface area contributed by atoms with Crippen molar-refractivity contribution in [2.45, 2.75) is 44.3 Å². The third-order valence-corrected chi connectivity index (χ3v) is 6.89. The van der Waals surface area contributed by atoms with Gasteiger partial charge in [0.1, 0.15) is 23.7 Å². The average Bonchev–Trinajstić information content (AvgIpc) is 2.92. The Balaban J connectivity index is 1.86. The van der Waals surface area contributed by atoms with Crippen molar-refractivity contribution >= 4 is 17.7 Å². The average molecular weight is 535 g/mol. The lowest BCUT2D eigenvalue weighted by atomic mass is 9.98. The Labute approximate surface area is 228 Å². The zero-order valence-corrected chi connectivity index (χ0v) is 22.4. The Morgan fingerprint density at radius 3 is 1.92 bits per heavy atom. The molecule has 3 rings (SSSR count). The molecular weight excluding hydrogens is 499 g/mol. The molecule has 0 aliphatic rings. The van der Waals surface area contributed by atoms with E-state index in [9.17, 15) is 23.9 Å². The van der Waals surface area contributed by atoms with E-state index in [1.807, 2.05) is 30.3 Å². The highest BCUT2D eigenvalue weighted by atomic mass is 19.1. The molecule has 0 bridgehead atoms. The lowest BCUT2D eigenvalue weighted by Gasteiger charge is -2.35. The largest absolute Gasteiger partial charge is 0.508 e. The van der Waals surface area contributed by atoms with Gasteiger partial charge in [-0.25, -0.2) is 4.39 Å². The predicted molar refractivity (Wildman–Crippen MR) is 147 cm³/mol. The summed E-state index contributed by atoms with van der Waals surface area (Å²) in [5.74, 6) is -1.90. The molecule has 3 aromatic rings. The summed E-state index contributed by atoms with van der Waals surface area (Å²) in [6.07, 6.45) is 0.494. The van der Waals surface area contributed by atoms with Crippen LogP contribution in [0.25, 0.3) is 0 Å². The molecule has 3 aromatic carbocycles. The van der Waals surface area contributed by atoms with E-state index < -0.39 is 41.7 Å². The minimum absolute atomic E-state index is 0.124. The van der Waals surface area contributed by atoms with Gasteiger partial charge in [0.25, 0.3) is 0 Å². The van der Waals surface area contributed by atoms with Gasteiger partial charge in [-0.2, -0.15) is 0 Å². The van der Waals surface area contributed by atoms with Crippen LogP contribution in [0.15, 0.2) is 72.8 Å². The molecule has 39 heavy (non-hydrogen) atoms. The molecule has 5 N–H and O–H groups in total. The van der Waals surface area contributed by atoms with Crippen molar-refractivity contribution in [3.05, 3.63) is 101 Å². The molecule has 206 valence electrons. The van der Waals surface area contributed by atoms with Crippen LogP contribution in [0.5, 0.6) is 5.75 Å². The number of carbonyl (C=O) groups excluding carboxylic acids is 3. The number of carbonyl (C=O) groups is 3. The predicted octanol–water partition coefficient (Wildman–Crippen LogP) is 2.33. The second kappa shape index (κ2) is 13.0. The highest BCUT2D eigenvalue weighted by Crippen LogP contribution is 2.20. The van der Waals surface area contributed by atoms with Crippen LogP contribution in [0.4, 0.5) is 4.39 Å². The lowest BCUT2D eigenvalue weighted by molar-refractivity contribution is -0.147. The summed E-state index contributed by atoms with van der Waals surface area (Å²) in [6.45, 7) is 1.73. The van der Waals surface area contributed by atoms with E-state index in [-0.39, 0.29) is 25.0 Å². The second-order valence-electron chi connectivity index (χ2n) is 9.78. The number of nitrogens with zero attached hydrogens (tertiary/aromatic N) is 2. The molecule has 9 heteroatoms. The van der Waals surface area contributed by atoms with Crippen LogP contribution >= 0.6 is 0 Å². The van der Waals surface area contributed by atoms with Gasteiger partial charge in [-0.1, -0.05) is 54.6 Å². The van der Waals surface area contributed by atoms with Gasteiger partial charge in [0.05, 0.1) is 6.04 Å². The summed E-state index contributed by atoms with van der Waals surface area (Å²) in [5, 5.41) is 9.84. The van der Waals surface area contributed by atoms with Crippen molar-refractivity contribution in [1.82, 2.24) is 9.80 Å². The Kier molecular flexibility index (Phi) is 9.78. The molecule has 3 amide bonds.